The van der Waals surface area contributed by atoms with Crippen LogP contribution in [0.25, 0.3) is 0 Å². The number of benzene rings is 2. The lowest BCUT2D eigenvalue weighted by molar-refractivity contribution is -0.384. The smallest absolute Gasteiger partial charge is 0.341 e. The fraction of sp³-hybridized carbons (Fsp3) is 0.417. The Hall–Kier alpha value is -3.82. The average Bonchev–Trinajstić information content (AvgIpc) is 3.42. The van der Waals surface area contributed by atoms with E-state index in [1.807, 2.05) is 29.2 Å². The number of nitro benzene ring substituents is 1. The summed E-state index contributed by atoms with van der Waals surface area (Å²) in [5.41, 5.74) is 1.59. The molecule has 0 aromatic heterocycles. The molecule has 10 heteroatoms. The summed E-state index contributed by atoms with van der Waals surface area (Å²) in [4.78, 5) is 42.0. The number of rotatable bonds is 7. The molecule has 2 aliphatic heterocycles. The largest absolute Gasteiger partial charge is 0.497 e. The van der Waals surface area contributed by atoms with Crippen molar-refractivity contribution >= 4 is 28.9 Å². The maximum absolute atomic E-state index is 12.8. The van der Waals surface area contributed by atoms with Gasteiger partial charge in [0.2, 0.25) is 0 Å². The van der Waals surface area contributed by atoms with E-state index in [9.17, 15) is 19.7 Å². The van der Waals surface area contributed by atoms with Crippen LogP contribution in [0.15, 0.2) is 42.5 Å². The molecular weight excluding hydrogens is 440 g/mol. The third-order valence-corrected chi connectivity index (χ3v) is 6.25. The molecule has 4 rings (SSSR count). The molecule has 2 aromatic carbocycles. The highest BCUT2D eigenvalue weighted by Gasteiger charge is 2.26. The number of esters is 1. The van der Waals surface area contributed by atoms with Crippen molar-refractivity contribution in [3.63, 3.8) is 0 Å². The van der Waals surface area contributed by atoms with Crippen LogP contribution in [0.5, 0.6) is 5.75 Å². The Morgan fingerprint density at radius 1 is 0.941 bits per heavy atom. The van der Waals surface area contributed by atoms with E-state index in [0.29, 0.717) is 31.9 Å². The Kier molecular flexibility index (Phi) is 7.15. The second kappa shape index (κ2) is 10.4. The fourth-order valence-corrected chi connectivity index (χ4v) is 4.34. The average molecular weight is 469 g/mol. The van der Waals surface area contributed by atoms with Gasteiger partial charge in [0.15, 0.2) is 6.61 Å². The Bertz CT molecular complexity index is 1040. The van der Waals surface area contributed by atoms with E-state index in [4.69, 9.17) is 9.47 Å². The number of amides is 1. The third kappa shape index (κ3) is 5.22. The first-order valence-corrected chi connectivity index (χ1v) is 11.3. The van der Waals surface area contributed by atoms with E-state index < -0.39 is 17.5 Å². The summed E-state index contributed by atoms with van der Waals surface area (Å²) in [7, 11) is 1.62. The molecule has 0 spiro atoms. The molecule has 0 atom stereocenters. The molecule has 0 saturated carbocycles. The topological polar surface area (TPSA) is 105 Å². The molecule has 1 amide bonds. The van der Waals surface area contributed by atoms with E-state index >= 15 is 0 Å². The molecule has 0 radical (unpaired) electrons. The monoisotopic (exact) mass is 468 g/mol. The van der Waals surface area contributed by atoms with Gasteiger partial charge in [-0.15, -0.1) is 0 Å². The maximum atomic E-state index is 12.8. The van der Waals surface area contributed by atoms with Crippen LogP contribution >= 0.6 is 0 Å². The predicted octanol–water partition coefficient (Wildman–Crippen LogP) is 2.71. The summed E-state index contributed by atoms with van der Waals surface area (Å²) in [5, 5.41) is 11.2. The lowest BCUT2D eigenvalue weighted by Gasteiger charge is -2.36. The van der Waals surface area contributed by atoms with Crippen molar-refractivity contribution in [2.75, 3.05) is 62.8 Å². The van der Waals surface area contributed by atoms with Gasteiger partial charge >= 0.3 is 5.97 Å². The van der Waals surface area contributed by atoms with Gasteiger partial charge in [0.1, 0.15) is 5.75 Å². The summed E-state index contributed by atoms with van der Waals surface area (Å²) in [6.07, 6.45) is 1.99. The minimum absolute atomic E-state index is 0.119. The van der Waals surface area contributed by atoms with Crippen LogP contribution in [-0.4, -0.2) is 74.7 Å². The van der Waals surface area contributed by atoms with Crippen LogP contribution in [0.4, 0.5) is 17.1 Å². The zero-order chi connectivity index (χ0) is 24.1. The van der Waals surface area contributed by atoms with Crippen molar-refractivity contribution in [3.8, 4) is 5.75 Å². The zero-order valence-corrected chi connectivity index (χ0v) is 19.1. The number of nitrogens with zero attached hydrogens (tertiary/aromatic N) is 4. The van der Waals surface area contributed by atoms with E-state index in [-0.39, 0.29) is 17.2 Å². The van der Waals surface area contributed by atoms with Crippen LogP contribution in [0.2, 0.25) is 0 Å². The lowest BCUT2D eigenvalue weighted by atomic mass is 10.1. The van der Waals surface area contributed by atoms with Crippen molar-refractivity contribution in [1.82, 2.24) is 4.90 Å². The second-order valence-electron chi connectivity index (χ2n) is 8.29. The molecule has 2 heterocycles. The Morgan fingerprint density at radius 3 is 2.24 bits per heavy atom. The summed E-state index contributed by atoms with van der Waals surface area (Å²) in [6.45, 7) is 3.50. The van der Waals surface area contributed by atoms with Crippen LogP contribution in [0, 0.1) is 10.1 Å². The standard InChI is InChI=1S/C24H28N4O6/c1-33-20-7-4-18(5-8-20)25-12-14-27(15-13-25)23(29)17-34-24(30)21-16-19(28(31)32)6-9-22(21)26-10-2-3-11-26/h4-9,16H,2-3,10-15,17H2,1H3. The van der Waals surface area contributed by atoms with Gasteiger partial charge < -0.3 is 24.2 Å². The number of hydrogen-bond acceptors (Lipinski definition) is 8. The van der Waals surface area contributed by atoms with Gasteiger partial charge in [0, 0.05) is 57.1 Å². The quantitative estimate of drug-likeness (QED) is 0.347. The number of non-ortho nitro benzene ring substituents is 1. The SMILES string of the molecule is COc1ccc(N2CCN(C(=O)COC(=O)c3cc([N+](=O)[O-])ccc3N3CCCC3)CC2)cc1. The zero-order valence-electron chi connectivity index (χ0n) is 19.1. The number of hydrogen-bond donors (Lipinski definition) is 0. The highest BCUT2D eigenvalue weighted by atomic mass is 16.6. The summed E-state index contributed by atoms with van der Waals surface area (Å²) >= 11 is 0. The molecule has 0 bridgehead atoms. The van der Waals surface area contributed by atoms with Crippen LogP contribution in [-0.2, 0) is 9.53 Å². The Morgan fingerprint density at radius 2 is 1.62 bits per heavy atom. The van der Waals surface area contributed by atoms with Gasteiger partial charge in [-0.1, -0.05) is 0 Å². The molecule has 0 N–H and O–H groups in total. The highest BCUT2D eigenvalue weighted by Crippen LogP contribution is 2.29. The number of carbonyl (C=O) groups is 2. The molecule has 0 unspecified atom stereocenters. The summed E-state index contributed by atoms with van der Waals surface area (Å²) in [5.74, 6) is -0.220. The van der Waals surface area contributed by atoms with Crippen molar-refractivity contribution in [3.05, 3.63) is 58.1 Å². The molecule has 2 aliphatic rings. The van der Waals surface area contributed by atoms with Crippen LogP contribution in [0.1, 0.15) is 23.2 Å². The minimum Gasteiger partial charge on any atom is -0.497 e. The normalized spacial score (nSPS) is 15.9. The van der Waals surface area contributed by atoms with E-state index in [0.717, 1.165) is 37.4 Å². The van der Waals surface area contributed by atoms with Crippen molar-refractivity contribution < 1.29 is 24.0 Å². The third-order valence-electron chi connectivity index (χ3n) is 6.25. The minimum atomic E-state index is -0.726. The highest BCUT2D eigenvalue weighted by molar-refractivity contribution is 5.97. The molecule has 2 aromatic rings. The number of anilines is 2. The lowest BCUT2D eigenvalue weighted by Crippen LogP contribution is -2.49. The summed E-state index contributed by atoms with van der Waals surface area (Å²) in [6, 6.07) is 12.0. The molecular formula is C24H28N4O6. The van der Waals surface area contributed by atoms with Gasteiger partial charge in [-0.25, -0.2) is 4.79 Å². The van der Waals surface area contributed by atoms with Crippen molar-refractivity contribution in [2.45, 2.75) is 12.8 Å². The van der Waals surface area contributed by atoms with Gasteiger partial charge in [-0.3, -0.25) is 14.9 Å². The molecule has 2 fully saturated rings. The van der Waals surface area contributed by atoms with E-state index in [1.54, 1.807) is 18.1 Å². The van der Waals surface area contributed by atoms with Gasteiger partial charge in [0.05, 0.1) is 23.3 Å². The fourth-order valence-electron chi connectivity index (χ4n) is 4.34. The van der Waals surface area contributed by atoms with Gasteiger partial charge in [-0.2, -0.15) is 0 Å². The first-order valence-electron chi connectivity index (χ1n) is 11.3. The molecule has 34 heavy (non-hydrogen) atoms. The molecule has 180 valence electrons. The first-order chi connectivity index (χ1) is 16.5. The van der Waals surface area contributed by atoms with Crippen molar-refractivity contribution in [1.29, 1.82) is 0 Å². The van der Waals surface area contributed by atoms with Crippen LogP contribution in [0.3, 0.4) is 0 Å². The number of nitro groups is 1. The van der Waals surface area contributed by atoms with Gasteiger partial charge in [0.25, 0.3) is 11.6 Å². The number of methoxy groups -OCH3 is 1. The number of ether oxygens (including phenoxy) is 2. The van der Waals surface area contributed by atoms with E-state index in [1.165, 1.54) is 12.1 Å². The van der Waals surface area contributed by atoms with Crippen molar-refractivity contribution in [2.24, 2.45) is 0 Å². The van der Waals surface area contributed by atoms with Gasteiger partial charge in [-0.05, 0) is 43.2 Å². The first kappa shape index (κ1) is 23.3. The summed E-state index contributed by atoms with van der Waals surface area (Å²) < 4.78 is 10.5. The predicted molar refractivity (Wildman–Crippen MR) is 127 cm³/mol. The Balaban J connectivity index is 1.34. The molecule has 2 saturated heterocycles. The number of carbonyl (C=O) groups excluding carboxylic acids is 2. The van der Waals surface area contributed by atoms with Crippen LogP contribution < -0.4 is 14.5 Å². The Labute approximate surface area is 197 Å². The molecule has 10 nitrogen and oxygen atoms in total. The second-order valence-corrected chi connectivity index (χ2v) is 8.29. The maximum Gasteiger partial charge on any atom is 0.341 e. The van der Waals surface area contributed by atoms with E-state index in [2.05, 4.69) is 4.90 Å². The molecule has 0 aliphatic carbocycles. The number of piperazine rings is 1.